The van der Waals surface area contributed by atoms with E-state index in [1.54, 1.807) is 0 Å². The second kappa shape index (κ2) is 12.1. The Kier molecular flexibility index (Phi) is 10.2. The molecular weight excluding hydrogens is 475 g/mol. The molecule has 0 spiro atoms. The summed E-state index contributed by atoms with van der Waals surface area (Å²) >= 11 is 0. The van der Waals surface area contributed by atoms with Gasteiger partial charge in [-0.25, -0.2) is 4.98 Å². The molecule has 2 aliphatic heterocycles. The van der Waals surface area contributed by atoms with Crippen molar-refractivity contribution in [3.8, 4) is 0 Å². The number of aliphatic imine (C=N–C) groups is 1. The lowest BCUT2D eigenvalue weighted by molar-refractivity contribution is 0.140. The van der Waals surface area contributed by atoms with Crippen molar-refractivity contribution in [2.45, 2.75) is 53.0 Å². The van der Waals surface area contributed by atoms with Crippen molar-refractivity contribution < 1.29 is 0 Å². The molecule has 1 N–H and O–H groups in total. The number of imidazole rings is 1. The van der Waals surface area contributed by atoms with Crippen molar-refractivity contribution in [1.29, 1.82) is 0 Å². The number of hydrogen-bond acceptors (Lipinski definition) is 3. The van der Waals surface area contributed by atoms with Crippen molar-refractivity contribution in [3.63, 3.8) is 0 Å². The summed E-state index contributed by atoms with van der Waals surface area (Å²) in [4.78, 5) is 14.3. The maximum atomic E-state index is 4.98. The molecular formula is C22H41IN6. The molecule has 0 radical (unpaired) electrons. The highest BCUT2D eigenvalue weighted by atomic mass is 127. The van der Waals surface area contributed by atoms with Gasteiger partial charge in [-0.2, -0.15) is 0 Å². The molecule has 0 bridgehead atoms. The smallest absolute Gasteiger partial charge is 0.193 e. The van der Waals surface area contributed by atoms with Crippen LogP contribution in [-0.4, -0.2) is 71.1 Å². The Morgan fingerprint density at radius 1 is 1.17 bits per heavy atom. The van der Waals surface area contributed by atoms with Crippen molar-refractivity contribution in [3.05, 3.63) is 18.7 Å². The van der Waals surface area contributed by atoms with Gasteiger partial charge in [-0.3, -0.25) is 4.99 Å². The summed E-state index contributed by atoms with van der Waals surface area (Å²) in [6.45, 7) is 16.9. The van der Waals surface area contributed by atoms with E-state index in [-0.39, 0.29) is 24.0 Å². The SMILES string of the molecule is CCNC(=NCCCN1CC(C)CC(C)C1)N1CCC(C)C(n2ccnc2)C1.I. The predicted octanol–water partition coefficient (Wildman–Crippen LogP) is 3.72. The minimum absolute atomic E-state index is 0. The maximum absolute atomic E-state index is 4.98. The fourth-order valence-electron chi connectivity index (χ4n) is 4.97. The number of nitrogens with zero attached hydrogens (tertiary/aromatic N) is 5. The average molecular weight is 517 g/mol. The Labute approximate surface area is 194 Å². The Morgan fingerprint density at radius 3 is 2.59 bits per heavy atom. The second-order valence-corrected chi connectivity index (χ2v) is 9.08. The second-order valence-electron chi connectivity index (χ2n) is 9.08. The van der Waals surface area contributed by atoms with Gasteiger partial charge in [0.25, 0.3) is 0 Å². The van der Waals surface area contributed by atoms with E-state index < -0.39 is 0 Å². The molecule has 1 aromatic rings. The summed E-state index contributed by atoms with van der Waals surface area (Å²) in [5.74, 6) is 3.41. The van der Waals surface area contributed by atoms with Crippen LogP contribution in [0.1, 0.15) is 53.0 Å². The van der Waals surface area contributed by atoms with Crippen LogP contribution in [0.3, 0.4) is 0 Å². The van der Waals surface area contributed by atoms with E-state index >= 15 is 0 Å². The van der Waals surface area contributed by atoms with Gasteiger partial charge in [0.1, 0.15) is 0 Å². The Morgan fingerprint density at radius 2 is 1.93 bits per heavy atom. The first-order chi connectivity index (χ1) is 13.6. The maximum Gasteiger partial charge on any atom is 0.193 e. The monoisotopic (exact) mass is 516 g/mol. The summed E-state index contributed by atoms with van der Waals surface area (Å²) in [7, 11) is 0. The van der Waals surface area contributed by atoms with Crippen LogP contribution >= 0.6 is 24.0 Å². The zero-order valence-corrected chi connectivity index (χ0v) is 21.1. The van der Waals surface area contributed by atoms with Crippen LogP contribution in [0.2, 0.25) is 0 Å². The minimum atomic E-state index is 0. The minimum Gasteiger partial charge on any atom is -0.357 e. The first kappa shape index (κ1) is 24.4. The van der Waals surface area contributed by atoms with E-state index in [0.717, 1.165) is 50.4 Å². The number of piperidine rings is 2. The van der Waals surface area contributed by atoms with Crippen LogP contribution in [0.25, 0.3) is 0 Å². The topological polar surface area (TPSA) is 48.7 Å². The van der Waals surface area contributed by atoms with Crippen LogP contribution in [0.4, 0.5) is 0 Å². The van der Waals surface area contributed by atoms with Crippen LogP contribution < -0.4 is 5.32 Å². The van der Waals surface area contributed by atoms with Gasteiger partial charge >= 0.3 is 0 Å². The van der Waals surface area contributed by atoms with Gasteiger partial charge in [-0.1, -0.05) is 20.8 Å². The number of rotatable bonds is 6. The number of aromatic nitrogens is 2. The molecule has 1 aromatic heterocycles. The number of likely N-dealkylation sites (tertiary alicyclic amines) is 2. The predicted molar refractivity (Wildman–Crippen MR) is 132 cm³/mol. The summed E-state index contributed by atoms with van der Waals surface area (Å²) in [5.41, 5.74) is 0. The molecule has 0 aromatic carbocycles. The van der Waals surface area contributed by atoms with E-state index in [1.807, 2.05) is 12.5 Å². The van der Waals surface area contributed by atoms with Crippen molar-refractivity contribution >= 4 is 29.9 Å². The largest absolute Gasteiger partial charge is 0.357 e. The lowest BCUT2D eigenvalue weighted by Crippen LogP contribution is -2.49. The van der Waals surface area contributed by atoms with E-state index in [0.29, 0.717) is 12.0 Å². The molecule has 7 heteroatoms. The zero-order valence-electron chi connectivity index (χ0n) is 18.8. The number of guanidine groups is 1. The van der Waals surface area contributed by atoms with E-state index in [9.17, 15) is 0 Å². The number of nitrogens with one attached hydrogen (secondary N) is 1. The molecule has 2 saturated heterocycles. The third kappa shape index (κ3) is 7.12. The first-order valence-electron chi connectivity index (χ1n) is 11.3. The van der Waals surface area contributed by atoms with Gasteiger partial charge in [-0.05, 0) is 50.5 Å². The fraction of sp³-hybridized carbons (Fsp3) is 0.818. The quantitative estimate of drug-likeness (QED) is 0.271. The molecule has 3 heterocycles. The third-order valence-corrected chi connectivity index (χ3v) is 6.30. The lowest BCUT2D eigenvalue weighted by atomic mass is 9.92. The Hall–Kier alpha value is -0.830. The van der Waals surface area contributed by atoms with Crippen LogP contribution in [-0.2, 0) is 0 Å². The van der Waals surface area contributed by atoms with Gasteiger partial charge in [-0.15, -0.1) is 24.0 Å². The Balaban J connectivity index is 0.00000300. The van der Waals surface area contributed by atoms with Gasteiger partial charge in [0.2, 0.25) is 0 Å². The zero-order chi connectivity index (χ0) is 19.9. The highest BCUT2D eigenvalue weighted by Crippen LogP contribution is 2.27. The van der Waals surface area contributed by atoms with E-state index in [2.05, 4.69) is 58.6 Å². The van der Waals surface area contributed by atoms with Crippen molar-refractivity contribution in [2.75, 3.05) is 45.8 Å². The highest BCUT2D eigenvalue weighted by molar-refractivity contribution is 14.0. The number of halogens is 1. The fourth-order valence-corrected chi connectivity index (χ4v) is 4.97. The molecule has 4 unspecified atom stereocenters. The van der Waals surface area contributed by atoms with E-state index in [1.165, 1.54) is 32.5 Å². The van der Waals surface area contributed by atoms with Crippen LogP contribution in [0.15, 0.2) is 23.7 Å². The molecule has 3 rings (SSSR count). The molecule has 0 saturated carbocycles. The molecule has 2 fully saturated rings. The summed E-state index contributed by atoms with van der Waals surface area (Å²) in [6.07, 6.45) is 9.64. The van der Waals surface area contributed by atoms with E-state index in [4.69, 9.17) is 4.99 Å². The summed E-state index contributed by atoms with van der Waals surface area (Å²) in [5, 5.41) is 3.52. The highest BCUT2D eigenvalue weighted by Gasteiger charge is 2.29. The summed E-state index contributed by atoms with van der Waals surface area (Å²) in [6, 6.07) is 0.469. The van der Waals surface area contributed by atoms with Crippen molar-refractivity contribution in [1.82, 2.24) is 24.7 Å². The molecule has 0 aliphatic carbocycles. The number of hydrogen-bond donors (Lipinski definition) is 1. The normalized spacial score (nSPS) is 28.8. The summed E-state index contributed by atoms with van der Waals surface area (Å²) < 4.78 is 2.26. The molecule has 166 valence electrons. The molecule has 0 amide bonds. The third-order valence-electron chi connectivity index (χ3n) is 6.30. The standard InChI is InChI=1S/C22H40N6.HI/c1-5-24-22(25-8-6-10-26-14-18(2)13-19(3)15-26)27-11-7-20(4)21(16-27)28-12-9-23-17-28;/h9,12,17-21H,5-8,10-11,13-16H2,1-4H3,(H,24,25);1H. The Bertz CT molecular complexity index is 594. The van der Waals surface area contributed by atoms with Crippen LogP contribution in [0, 0.1) is 17.8 Å². The van der Waals surface area contributed by atoms with Gasteiger partial charge < -0.3 is 19.7 Å². The molecule has 2 aliphatic rings. The van der Waals surface area contributed by atoms with Gasteiger partial charge in [0, 0.05) is 51.7 Å². The molecule has 4 atom stereocenters. The molecule has 6 nitrogen and oxygen atoms in total. The average Bonchev–Trinajstić information content (AvgIpc) is 3.18. The lowest BCUT2D eigenvalue weighted by Gasteiger charge is -2.39. The van der Waals surface area contributed by atoms with Crippen LogP contribution in [0.5, 0.6) is 0 Å². The van der Waals surface area contributed by atoms with Gasteiger partial charge in [0.05, 0.1) is 12.4 Å². The molecule has 29 heavy (non-hydrogen) atoms. The van der Waals surface area contributed by atoms with Gasteiger partial charge in [0.15, 0.2) is 5.96 Å². The van der Waals surface area contributed by atoms with Crippen molar-refractivity contribution in [2.24, 2.45) is 22.7 Å². The first-order valence-corrected chi connectivity index (χ1v) is 11.3.